The minimum Gasteiger partial charge on any atom is -0.264 e. The lowest BCUT2D eigenvalue weighted by atomic mass is 10.0. The van der Waals surface area contributed by atoms with Crippen molar-refractivity contribution >= 4 is 10.4 Å². The molecule has 0 rings (SSSR count). The predicted octanol–water partition coefficient (Wildman–Crippen LogP) is 7.01. The Bertz CT molecular complexity index is 406. The number of unbranched alkanes of at least 4 members (excludes halogenated alkanes) is 15. The lowest BCUT2D eigenvalue weighted by molar-refractivity contribution is 0.208. The standard InChI is InChI=1S/C21H42O4S/c1-3-5-6-7-8-9-10-11-12-13-14-15-16-17-18-19-20-21(4-2)25-26(22,23)24/h4,21H,2-3,5-20H2,1H3,(H,22,23,24). The summed E-state index contributed by atoms with van der Waals surface area (Å²) in [5.74, 6) is 0. The molecule has 0 aliphatic rings. The third kappa shape index (κ3) is 19.9. The molecule has 0 bridgehead atoms. The molecule has 0 fully saturated rings. The molecule has 0 aliphatic heterocycles. The summed E-state index contributed by atoms with van der Waals surface area (Å²) in [6.07, 6.45) is 22.3. The molecule has 1 unspecified atom stereocenters. The smallest absolute Gasteiger partial charge is 0.264 e. The van der Waals surface area contributed by atoms with Gasteiger partial charge in [0.05, 0.1) is 6.10 Å². The maximum Gasteiger partial charge on any atom is 0.397 e. The predicted molar refractivity (Wildman–Crippen MR) is 111 cm³/mol. The summed E-state index contributed by atoms with van der Waals surface area (Å²) < 4.78 is 34.5. The molecule has 1 N–H and O–H groups in total. The highest BCUT2D eigenvalue weighted by Gasteiger charge is 2.13. The first-order valence-electron chi connectivity index (χ1n) is 10.8. The zero-order valence-electron chi connectivity index (χ0n) is 17.0. The molecule has 0 aromatic heterocycles. The monoisotopic (exact) mass is 390 g/mol. The van der Waals surface area contributed by atoms with Crippen molar-refractivity contribution in [1.82, 2.24) is 0 Å². The van der Waals surface area contributed by atoms with E-state index in [0.717, 1.165) is 12.8 Å². The van der Waals surface area contributed by atoms with Crippen LogP contribution in [0.5, 0.6) is 0 Å². The van der Waals surface area contributed by atoms with Crippen molar-refractivity contribution in [2.24, 2.45) is 0 Å². The Balaban J connectivity index is 3.25. The minimum absolute atomic E-state index is 0.585. The van der Waals surface area contributed by atoms with Gasteiger partial charge in [0.15, 0.2) is 0 Å². The molecule has 1 atom stereocenters. The van der Waals surface area contributed by atoms with E-state index in [-0.39, 0.29) is 0 Å². The molecular weight excluding hydrogens is 348 g/mol. The summed E-state index contributed by atoms with van der Waals surface area (Å²) in [6, 6.07) is 0. The highest BCUT2D eigenvalue weighted by atomic mass is 32.3. The average molecular weight is 391 g/mol. The van der Waals surface area contributed by atoms with Gasteiger partial charge in [-0.25, -0.2) is 4.18 Å². The van der Waals surface area contributed by atoms with Gasteiger partial charge < -0.3 is 0 Å². The molecular formula is C21H42O4S. The van der Waals surface area contributed by atoms with Crippen LogP contribution >= 0.6 is 0 Å². The molecule has 0 aromatic carbocycles. The van der Waals surface area contributed by atoms with Crippen molar-refractivity contribution in [2.75, 3.05) is 0 Å². The van der Waals surface area contributed by atoms with E-state index in [1.54, 1.807) is 0 Å². The number of hydrogen-bond acceptors (Lipinski definition) is 3. The maximum absolute atomic E-state index is 10.7. The summed E-state index contributed by atoms with van der Waals surface area (Å²) in [4.78, 5) is 0. The van der Waals surface area contributed by atoms with Gasteiger partial charge in [-0.2, -0.15) is 8.42 Å². The highest BCUT2D eigenvalue weighted by Crippen LogP contribution is 2.15. The van der Waals surface area contributed by atoms with Crippen LogP contribution < -0.4 is 0 Å². The van der Waals surface area contributed by atoms with E-state index in [1.807, 2.05) is 0 Å². The molecule has 0 saturated carbocycles. The fraction of sp³-hybridized carbons (Fsp3) is 0.905. The normalized spacial score (nSPS) is 13.0. The lowest BCUT2D eigenvalue weighted by Crippen LogP contribution is -2.15. The fourth-order valence-electron chi connectivity index (χ4n) is 3.26. The van der Waals surface area contributed by atoms with Crippen molar-refractivity contribution in [3.05, 3.63) is 12.7 Å². The van der Waals surface area contributed by atoms with Crippen molar-refractivity contribution in [3.63, 3.8) is 0 Å². The molecule has 0 aromatic rings. The van der Waals surface area contributed by atoms with Crippen molar-refractivity contribution in [2.45, 2.75) is 122 Å². The first-order chi connectivity index (χ1) is 12.5. The largest absolute Gasteiger partial charge is 0.397 e. The number of hydrogen-bond donors (Lipinski definition) is 1. The Morgan fingerprint density at radius 3 is 1.42 bits per heavy atom. The maximum atomic E-state index is 10.7. The molecule has 156 valence electrons. The lowest BCUT2D eigenvalue weighted by Gasteiger charge is -2.10. The van der Waals surface area contributed by atoms with Crippen LogP contribution in [0.25, 0.3) is 0 Å². The van der Waals surface area contributed by atoms with Gasteiger partial charge in [0.25, 0.3) is 0 Å². The van der Waals surface area contributed by atoms with Gasteiger partial charge in [0.2, 0.25) is 0 Å². The molecule has 4 nitrogen and oxygen atoms in total. The Labute approximate surface area is 162 Å². The van der Waals surface area contributed by atoms with Gasteiger partial charge in [-0.3, -0.25) is 4.55 Å². The molecule has 0 amide bonds. The molecule has 0 spiro atoms. The van der Waals surface area contributed by atoms with Gasteiger partial charge in [-0.05, 0) is 6.42 Å². The first kappa shape index (κ1) is 25.6. The van der Waals surface area contributed by atoms with Gasteiger partial charge in [-0.15, -0.1) is 6.58 Å². The molecule has 0 saturated heterocycles. The number of rotatable bonds is 20. The van der Waals surface area contributed by atoms with Crippen molar-refractivity contribution in [3.8, 4) is 0 Å². The Kier molecular flexibility index (Phi) is 17.7. The van der Waals surface area contributed by atoms with E-state index in [4.69, 9.17) is 4.55 Å². The molecule has 5 heteroatoms. The minimum atomic E-state index is -4.38. The summed E-state index contributed by atoms with van der Waals surface area (Å²) in [6.45, 7) is 5.80. The summed E-state index contributed by atoms with van der Waals surface area (Å²) in [7, 11) is -4.38. The van der Waals surface area contributed by atoms with Crippen LogP contribution in [0.1, 0.15) is 116 Å². The average Bonchev–Trinajstić information content (AvgIpc) is 2.59. The third-order valence-corrected chi connectivity index (χ3v) is 5.34. The van der Waals surface area contributed by atoms with E-state index in [1.165, 1.54) is 96.0 Å². The van der Waals surface area contributed by atoms with Crippen LogP contribution in [0, 0.1) is 0 Å². The Hall–Kier alpha value is -0.390. The molecule has 26 heavy (non-hydrogen) atoms. The Morgan fingerprint density at radius 1 is 0.769 bits per heavy atom. The van der Waals surface area contributed by atoms with Crippen molar-refractivity contribution < 1.29 is 17.2 Å². The van der Waals surface area contributed by atoms with Crippen LogP contribution in [0.4, 0.5) is 0 Å². The zero-order chi connectivity index (χ0) is 19.5. The second-order valence-electron chi connectivity index (χ2n) is 7.39. The molecule has 0 heterocycles. The Morgan fingerprint density at radius 2 is 1.12 bits per heavy atom. The third-order valence-electron chi connectivity index (χ3n) is 4.85. The second-order valence-corrected chi connectivity index (χ2v) is 8.44. The van der Waals surface area contributed by atoms with Crippen LogP contribution in [-0.4, -0.2) is 19.1 Å². The summed E-state index contributed by atoms with van der Waals surface area (Å²) in [5, 5.41) is 0. The van der Waals surface area contributed by atoms with E-state index < -0.39 is 16.5 Å². The second kappa shape index (κ2) is 18.0. The fourth-order valence-corrected chi connectivity index (χ4v) is 3.74. The van der Waals surface area contributed by atoms with Gasteiger partial charge >= 0.3 is 10.4 Å². The van der Waals surface area contributed by atoms with Crippen LogP contribution in [0.3, 0.4) is 0 Å². The van der Waals surface area contributed by atoms with E-state index in [0.29, 0.717) is 6.42 Å². The SMILES string of the molecule is C=CC(CCCCCCCCCCCCCCCCCC)OS(=O)(=O)O. The van der Waals surface area contributed by atoms with Crippen molar-refractivity contribution in [1.29, 1.82) is 0 Å². The van der Waals surface area contributed by atoms with Gasteiger partial charge in [0, 0.05) is 0 Å². The summed E-state index contributed by atoms with van der Waals surface area (Å²) in [5.41, 5.74) is 0. The van der Waals surface area contributed by atoms with E-state index in [9.17, 15) is 8.42 Å². The van der Waals surface area contributed by atoms with Crippen LogP contribution in [-0.2, 0) is 14.6 Å². The van der Waals surface area contributed by atoms with E-state index in [2.05, 4.69) is 17.7 Å². The van der Waals surface area contributed by atoms with E-state index >= 15 is 0 Å². The van der Waals surface area contributed by atoms with Crippen LogP contribution in [0.2, 0.25) is 0 Å². The summed E-state index contributed by atoms with van der Waals surface area (Å²) >= 11 is 0. The zero-order valence-corrected chi connectivity index (χ0v) is 17.8. The van der Waals surface area contributed by atoms with Gasteiger partial charge in [0.1, 0.15) is 0 Å². The first-order valence-corrected chi connectivity index (χ1v) is 12.1. The van der Waals surface area contributed by atoms with Gasteiger partial charge in [-0.1, -0.05) is 116 Å². The molecule has 0 aliphatic carbocycles. The van der Waals surface area contributed by atoms with Crippen LogP contribution in [0.15, 0.2) is 12.7 Å². The topological polar surface area (TPSA) is 63.6 Å². The quantitative estimate of drug-likeness (QED) is 0.138. The molecule has 0 radical (unpaired) electrons. The highest BCUT2D eigenvalue weighted by molar-refractivity contribution is 7.80.